The topological polar surface area (TPSA) is 55.2 Å². The first-order chi connectivity index (χ1) is 10.8. The number of nitro groups is 1. The molecule has 0 aliphatic carbocycles. The standard InChI is InChI=1S/C17H14N2O2S/c20-19(21)15-10-5-4-9-14(15)18-17(16-11-6-12-22-16)13-7-2-1-3-8-13/h1-12,17-18H/t17-/m1/s1. The third-order valence-corrected chi connectivity index (χ3v) is 4.30. The monoisotopic (exact) mass is 310 g/mol. The molecule has 110 valence electrons. The number of anilines is 1. The SMILES string of the molecule is O=[N+]([O-])c1ccccc1N[C@H](c1ccccc1)c1cccs1. The molecule has 0 aliphatic rings. The number of para-hydroxylation sites is 2. The van der Waals surface area contributed by atoms with Gasteiger partial charge >= 0.3 is 0 Å². The first-order valence-corrected chi connectivity index (χ1v) is 7.72. The summed E-state index contributed by atoms with van der Waals surface area (Å²) in [7, 11) is 0. The Labute approximate surface area is 132 Å². The summed E-state index contributed by atoms with van der Waals surface area (Å²) < 4.78 is 0. The summed E-state index contributed by atoms with van der Waals surface area (Å²) in [5.74, 6) is 0. The molecule has 0 amide bonds. The number of rotatable bonds is 5. The summed E-state index contributed by atoms with van der Waals surface area (Å²) in [6.07, 6.45) is 0. The van der Waals surface area contributed by atoms with E-state index in [-0.39, 0.29) is 16.7 Å². The summed E-state index contributed by atoms with van der Waals surface area (Å²) in [5, 5.41) is 16.5. The van der Waals surface area contributed by atoms with Gasteiger partial charge in [-0.2, -0.15) is 0 Å². The Hall–Kier alpha value is -2.66. The van der Waals surface area contributed by atoms with Crippen molar-refractivity contribution in [2.24, 2.45) is 0 Å². The molecular weight excluding hydrogens is 296 g/mol. The van der Waals surface area contributed by atoms with Crippen molar-refractivity contribution in [3.05, 3.63) is 92.7 Å². The van der Waals surface area contributed by atoms with Crippen molar-refractivity contribution in [3.63, 3.8) is 0 Å². The van der Waals surface area contributed by atoms with Crippen molar-refractivity contribution in [2.45, 2.75) is 6.04 Å². The van der Waals surface area contributed by atoms with Gasteiger partial charge in [-0.15, -0.1) is 11.3 Å². The number of hydrogen-bond donors (Lipinski definition) is 1. The Bertz CT molecular complexity index is 757. The van der Waals surface area contributed by atoms with Crippen LogP contribution in [-0.2, 0) is 0 Å². The van der Waals surface area contributed by atoms with Gasteiger partial charge in [-0.05, 0) is 23.1 Å². The van der Waals surface area contributed by atoms with E-state index in [2.05, 4.69) is 5.32 Å². The minimum absolute atomic E-state index is 0.0833. The van der Waals surface area contributed by atoms with Gasteiger partial charge in [0.15, 0.2) is 0 Å². The highest BCUT2D eigenvalue weighted by atomic mass is 32.1. The van der Waals surface area contributed by atoms with Crippen LogP contribution >= 0.6 is 11.3 Å². The van der Waals surface area contributed by atoms with Crippen LogP contribution in [0.3, 0.4) is 0 Å². The predicted octanol–water partition coefficient (Wildman–Crippen LogP) is 4.86. The van der Waals surface area contributed by atoms with Crippen LogP contribution in [0.4, 0.5) is 11.4 Å². The number of nitro benzene ring substituents is 1. The van der Waals surface area contributed by atoms with Crippen molar-refractivity contribution < 1.29 is 4.92 Å². The zero-order valence-corrected chi connectivity index (χ0v) is 12.5. The average molecular weight is 310 g/mol. The van der Waals surface area contributed by atoms with Crippen LogP contribution < -0.4 is 5.32 Å². The van der Waals surface area contributed by atoms with Crippen LogP contribution in [0.1, 0.15) is 16.5 Å². The quantitative estimate of drug-likeness (QED) is 0.541. The number of benzene rings is 2. The highest BCUT2D eigenvalue weighted by Crippen LogP contribution is 2.33. The fraction of sp³-hybridized carbons (Fsp3) is 0.0588. The van der Waals surface area contributed by atoms with E-state index >= 15 is 0 Å². The first kappa shape index (κ1) is 14.3. The molecule has 0 fully saturated rings. The molecule has 4 nitrogen and oxygen atoms in total. The van der Waals surface area contributed by atoms with E-state index in [1.165, 1.54) is 6.07 Å². The Balaban J connectivity index is 2.00. The van der Waals surface area contributed by atoms with Crippen molar-refractivity contribution >= 4 is 22.7 Å². The zero-order chi connectivity index (χ0) is 15.4. The van der Waals surface area contributed by atoms with E-state index in [0.29, 0.717) is 5.69 Å². The summed E-state index contributed by atoms with van der Waals surface area (Å²) in [6, 6.07) is 20.6. The largest absolute Gasteiger partial charge is 0.368 e. The molecule has 0 bridgehead atoms. The summed E-state index contributed by atoms with van der Waals surface area (Å²) >= 11 is 1.63. The molecule has 5 heteroatoms. The second-order valence-electron chi connectivity index (χ2n) is 4.78. The highest BCUT2D eigenvalue weighted by molar-refractivity contribution is 7.10. The van der Waals surface area contributed by atoms with Crippen LogP contribution in [-0.4, -0.2) is 4.92 Å². The first-order valence-electron chi connectivity index (χ1n) is 6.84. The molecule has 1 aromatic heterocycles. The smallest absolute Gasteiger partial charge is 0.292 e. The van der Waals surface area contributed by atoms with Gasteiger partial charge in [-0.25, -0.2) is 0 Å². The Morgan fingerprint density at radius 3 is 2.36 bits per heavy atom. The normalized spacial score (nSPS) is 11.8. The van der Waals surface area contributed by atoms with Crippen molar-refractivity contribution in [1.82, 2.24) is 0 Å². The van der Waals surface area contributed by atoms with Gasteiger partial charge in [0, 0.05) is 10.9 Å². The Kier molecular flexibility index (Phi) is 4.16. The van der Waals surface area contributed by atoms with E-state index in [4.69, 9.17) is 0 Å². The van der Waals surface area contributed by atoms with E-state index in [9.17, 15) is 10.1 Å². The molecule has 3 rings (SSSR count). The molecular formula is C17H14N2O2S. The van der Waals surface area contributed by atoms with Crippen molar-refractivity contribution in [1.29, 1.82) is 0 Å². The van der Waals surface area contributed by atoms with Gasteiger partial charge in [-0.3, -0.25) is 10.1 Å². The van der Waals surface area contributed by atoms with Crippen LogP contribution in [0.25, 0.3) is 0 Å². The number of nitrogens with one attached hydrogen (secondary N) is 1. The van der Waals surface area contributed by atoms with Gasteiger partial charge in [0.2, 0.25) is 0 Å². The lowest BCUT2D eigenvalue weighted by atomic mass is 10.0. The summed E-state index contributed by atoms with van der Waals surface area (Å²) in [6.45, 7) is 0. The zero-order valence-electron chi connectivity index (χ0n) is 11.7. The lowest BCUT2D eigenvalue weighted by Gasteiger charge is -2.19. The van der Waals surface area contributed by atoms with Crippen molar-refractivity contribution in [3.8, 4) is 0 Å². The fourth-order valence-corrected chi connectivity index (χ4v) is 3.13. The maximum absolute atomic E-state index is 11.2. The number of thiophene rings is 1. The molecule has 3 aromatic rings. The van der Waals surface area contributed by atoms with Crippen LogP contribution in [0.2, 0.25) is 0 Å². The van der Waals surface area contributed by atoms with E-state index < -0.39 is 0 Å². The molecule has 1 heterocycles. The van der Waals surface area contributed by atoms with E-state index in [1.54, 1.807) is 29.5 Å². The third kappa shape index (κ3) is 2.99. The second kappa shape index (κ2) is 6.41. The van der Waals surface area contributed by atoms with Gasteiger partial charge < -0.3 is 5.32 Å². The molecule has 0 radical (unpaired) electrons. The second-order valence-corrected chi connectivity index (χ2v) is 5.76. The average Bonchev–Trinajstić information content (AvgIpc) is 3.08. The molecule has 0 saturated heterocycles. The molecule has 1 N–H and O–H groups in total. The van der Waals surface area contributed by atoms with Crippen LogP contribution in [0.15, 0.2) is 72.1 Å². The van der Waals surface area contributed by atoms with Crippen LogP contribution in [0.5, 0.6) is 0 Å². The van der Waals surface area contributed by atoms with Gasteiger partial charge in [0.25, 0.3) is 5.69 Å². The Morgan fingerprint density at radius 2 is 1.68 bits per heavy atom. The number of nitrogens with zero attached hydrogens (tertiary/aromatic N) is 1. The maximum atomic E-state index is 11.2. The number of hydrogen-bond acceptors (Lipinski definition) is 4. The van der Waals surface area contributed by atoms with E-state index in [1.807, 2.05) is 47.8 Å². The van der Waals surface area contributed by atoms with Gasteiger partial charge in [0.05, 0.1) is 11.0 Å². The molecule has 0 saturated carbocycles. The van der Waals surface area contributed by atoms with E-state index in [0.717, 1.165) is 10.4 Å². The van der Waals surface area contributed by atoms with Crippen LogP contribution in [0, 0.1) is 10.1 Å². The van der Waals surface area contributed by atoms with Gasteiger partial charge in [-0.1, -0.05) is 48.5 Å². The molecule has 2 aromatic carbocycles. The summed E-state index contributed by atoms with van der Waals surface area (Å²) in [4.78, 5) is 11.9. The molecule has 0 aliphatic heterocycles. The van der Waals surface area contributed by atoms with Gasteiger partial charge in [0.1, 0.15) is 5.69 Å². The third-order valence-electron chi connectivity index (χ3n) is 3.36. The molecule has 0 unspecified atom stereocenters. The molecule has 22 heavy (non-hydrogen) atoms. The summed E-state index contributed by atoms with van der Waals surface area (Å²) in [5.41, 5.74) is 1.68. The molecule has 1 atom stereocenters. The minimum Gasteiger partial charge on any atom is -0.368 e. The molecule has 0 spiro atoms. The lowest BCUT2D eigenvalue weighted by Crippen LogP contribution is -2.12. The lowest BCUT2D eigenvalue weighted by molar-refractivity contribution is -0.384. The predicted molar refractivity (Wildman–Crippen MR) is 89.3 cm³/mol. The fourth-order valence-electron chi connectivity index (χ4n) is 2.33. The Morgan fingerprint density at radius 1 is 0.955 bits per heavy atom. The highest BCUT2D eigenvalue weighted by Gasteiger charge is 2.19. The van der Waals surface area contributed by atoms with Crippen molar-refractivity contribution in [2.75, 3.05) is 5.32 Å². The maximum Gasteiger partial charge on any atom is 0.292 e. The minimum atomic E-state index is -0.362.